The first-order valence-corrected chi connectivity index (χ1v) is 5.44. The lowest BCUT2D eigenvalue weighted by molar-refractivity contribution is 0.0787. The van der Waals surface area contributed by atoms with Crippen LogP contribution in [0.2, 0.25) is 0 Å². The molecule has 0 fully saturated rings. The summed E-state index contributed by atoms with van der Waals surface area (Å²) in [6, 6.07) is 0. The van der Waals surface area contributed by atoms with E-state index in [-0.39, 0.29) is 5.91 Å². The molecule has 0 atom stereocenters. The van der Waals surface area contributed by atoms with Gasteiger partial charge in [0.25, 0.3) is 5.91 Å². The van der Waals surface area contributed by atoms with Crippen molar-refractivity contribution in [3.05, 3.63) is 17.5 Å². The van der Waals surface area contributed by atoms with E-state index in [1.54, 1.807) is 22.8 Å². The van der Waals surface area contributed by atoms with E-state index in [1.165, 1.54) is 0 Å². The van der Waals surface area contributed by atoms with Crippen molar-refractivity contribution in [3.8, 4) is 0 Å². The van der Waals surface area contributed by atoms with Crippen LogP contribution in [0.1, 0.15) is 23.0 Å². The van der Waals surface area contributed by atoms with Gasteiger partial charge in [-0.3, -0.25) is 9.48 Å². The number of aromatic nitrogens is 2. The van der Waals surface area contributed by atoms with Crippen LogP contribution in [0.3, 0.4) is 0 Å². The standard InChI is InChI=1S/C10H16N4OS/c1-4-14(6-9(11)16)10(15)8-5-12-13(3)7(8)2/h5H,4,6H2,1-3H3,(H2,11,16). The Morgan fingerprint density at radius 1 is 1.69 bits per heavy atom. The van der Waals surface area contributed by atoms with Crippen LogP contribution in [-0.2, 0) is 7.05 Å². The molecule has 1 rings (SSSR count). The zero-order valence-corrected chi connectivity index (χ0v) is 10.5. The molecule has 88 valence electrons. The summed E-state index contributed by atoms with van der Waals surface area (Å²) in [5.41, 5.74) is 6.88. The molecule has 1 aromatic heterocycles. The average Bonchev–Trinajstić information content (AvgIpc) is 2.55. The lowest BCUT2D eigenvalue weighted by Gasteiger charge is -2.19. The van der Waals surface area contributed by atoms with Crippen molar-refractivity contribution in [2.75, 3.05) is 13.1 Å². The van der Waals surface area contributed by atoms with E-state index in [2.05, 4.69) is 5.10 Å². The third kappa shape index (κ3) is 2.57. The highest BCUT2D eigenvalue weighted by Gasteiger charge is 2.19. The normalized spacial score (nSPS) is 10.2. The van der Waals surface area contributed by atoms with Crippen molar-refractivity contribution < 1.29 is 4.79 Å². The van der Waals surface area contributed by atoms with Gasteiger partial charge < -0.3 is 10.6 Å². The fraction of sp³-hybridized carbons (Fsp3) is 0.500. The van der Waals surface area contributed by atoms with Crippen molar-refractivity contribution in [1.82, 2.24) is 14.7 Å². The molecule has 0 aliphatic carbocycles. The molecule has 0 aromatic carbocycles. The SMILES string of the molecule is CCN(CC(N)=S)C(=O)c1cnn(C)c1C. The fourth-order valence-electron chi connectivity index (χ4n) is 1.39. The molecule has 1 aromatic rings. The van der Waals surface area contributed by atoms with E-state index in [0.717, 1.165) is 5.69 Å². The summed E-state index contributed by atoms with van der Waals surface area (Å²) in [4.78, 5) is 14.0. The van der Waals surface area contributed by atoms with Crippen LogP contribution in [0.5, 0.6) is 0 Å². The second-order valence-corrected chi connectivity index (χ2v) is 4.08. The number of carbonyl (C=O) groups is 1. The molecule has 0 saturated carbocycles. The lowest BCUT2D eigenvalue weighted by atomic mass is 10.2. The molecule has 6 heteroatoms. The smallest absolute Gasteiger partial charge is 0.257 e. The van der Waals surface area contributed by atoms with Crippen molar-refractivity contribution in [2.45, 2.75) is 13.8 Å². The summed E-state index contributed by atoms with van der Waals surface area (Å²) in [6.45, 7) is 4.63. The minimum Gasteiger partial charge on any atom is -0.392 e. The van der Waals surface area contributed by atoms with E-state index >= 15 is 0 Å². The largest absolute Gasteiger partial charge is 0.392 e. The van der Waals surface area contributed by atoms with Crippen LogP contribution in [0.25, 0.3) is 0 Å². The molecule has 2 N–H and O–H groups in total. The fourth-order valence-corrected chi connectivity index (χ4v) is 1.55. The van der Waals surface area contributed by atoms with Crippen LogP contribution in [0.4, 0.5) is 0 Å². The Balaban J connectivity index is 2.91. The Labute approximate surface area is 100 Å². The molecule has 0 aliphatic heterocycles. The van der Waals surface area contributed by atoms with Crippen LogP contribution in [0.15, 0.2) is 6.20 Å². The highest BCUT2D eigenvalue weighted by molar-refractivity contribution is 7.80. The first-order valence-electron chi connectivity index (χ1n) is 5.03. The van der Waals surface area contributed by atoms with Crippen LogP contribution >= 0.6 is 12.2 Å². The zero-order valence-electron chi connectivity index (χ0n) is 9.73. The van der Waals surface area contributed by atoms with Gasteiger partial charge in [0.05, 0.1) is 23.3 Å². The summed E-state index contributed by atoms with van der Waals surface area (Å²) < 4.78 is 1.67. The van der Waals surface area contributed by atoms with Gasteiger partial charge in [-0.05, 0) is 13.8 Å². The first kappa shape index (κ1) is 12.6. The van der Waals surface area contributed by atoms with Gasteiger partial charge in [-0.15, -0.1) is 0 Å². The summed E-state index contributed by atoms with van der Waals surface area (Å²) in [6.07, 6.45) is 1.57. The predicted octanol–water partition coefficient (Wildman–Crippen LogP) is 0.477. The van der Waals surface area contributed by atoms with Crippen LogP contribution in [0, 0.1) is 6.92 Å². The molecule has 0 bridgehead atoms. The van der Waals surface area contributed by atoms with Gasteiger partial charge in [0, 0.05) is 19.3 Å². The Hall–Kier alpha value is -1.43. The van der Waals surface area contributed by atoms with E-state index < -0.39 is 0 Å². The van der Waals surface area contributed by atoms with Gasteiger partial charge in [-0.2, -0.15) is 5.10 Å². The van der Waals surface area contributed by atoms with Crippen LogP contribution < -0.4 is 5.73 Å². The van der Waals surface area contributed by atoms with E-state index in [9.17, 15) is 4.79 Å². The second-order valence-electron chi connectivity index (χ2n) is 3.55. The number of amides is 1. The zero-order chi connectivity index (χ0) is 12.3. The highest BCUT2D eigenvalue weighted by atomic mass is 32.1. The topological polar surface area (TPSA) is 64.2 Å². The van der Waals surface area contributed by atoms with E-state index in [1.807, 2.05) is 13.8 Å². The molecule has 0 radical (unpaired) electrons. The summed E-state index contributed by atoms with van der Waals surface area (Å²) in [7, 11) is 1.80. The van der Waals surface area contributed by atoms with Crippen molar-refractivity contribution in [1.29, 1.82) is 0 Å². The number of likely N-dealkylation sites (N-methyl/N-ethyl adjacent to an activating group) is 1. The van der Waals surface area contributed by atoms with Crippen molar-refractivity contribution in [2.24, 2.45) is 12.8 Å². The molecular formula is C10H16N4OS. The molecule has 0 spiro atoms. The maximum absolute atomic E-state index is 12.1. The summed E-state index contributed by atoms with van der Waals surface area (Å²) in [5.74, 6) is -0.0825. The summed E-state index contributed by atoms with van der Waals surface area (Å²) in [5, 5.41) is 4.04. The predicted molar refractivity (Wildman–Crippen MR) is 66.3 cm³/mol. The lowest BCUT2D eigenvalue weighted by Crippen LogP contribution is -2.37. The van der Waals surface area contributed by atoms with Gasteiger partial charge in [0.2, 0.25) is 0 Å². The number of carbonyl (C=O) groups excluding carboxylic acids is 1. The molecule has 0 unspecified atom stereocenters. The monoisotopic (exact) mass is 240 g/mol. The Morgan fingerprint density at radius 2 is 2.31 bits per heavy atom. The maximum Gasteiger partial charge on any atom is 0.257 e. The molecule has 0 aliphatic rings. The number of rotatable bonds is 4. The van der Waals surface area contributed by atoms with E-state index in [4.69, 9.17) is 18.0 Å². The van der Waals surface area contributed by atoms with Gasteiger partial charge >= 0.3 is 0 Å². The number of aryl methyl sites for hydroxylation is 1. The number of hydrogen-bond donors (Lipinski definition) is 1. The van der Waals surface area contributed by atoms with Gasteiger partial charge in [-0.25, -0.2) is 0 Å². The van der Waals surface area contributed by atoms with Gasteiger partial charge in [-0.1, -0.05) is 12.2 Å². The highest BCUT2D eigenvalue weighted by Crippen LogP contribution is 2.09. The minimum atomic E-state index is -0.0825. The second kappa shape index (κ2) is 5.07. The third-order valence-corrected chi connectivity index (χ3v) is 2.61. The van der Waals surface area contributed by atoms with Crippen molar-refractivity contribution in [3.63, 3.8) is 0 Å². The number of nitrogens with two attached hydrogens (primary N) is 1. The first-order chi connectivity index (χ1) is 7.47. The number of hydrogen-bond acceptors (Lipinski definition) is 3. The Bertz CT molecular complexity index is 413. The van der Waals surface area contributed by atoms with Crippen LogP contribution in [-0.4, -0.2) is 38.7 Å². The van der Waals surface area contributed by atoms with Gasteiger partial charge in [0.1, 0.15) is 0 Å². The van der Waals surface area contributed by atoms with Crippen molar-refractivity contribution >= 4 is 23.1 Å². The molecule has 16 heavy (non-hydrogen) atoms. The molecule has 1 heterocycles. The molecule has 5 nitrogen and oxygen atoms in total. The quantitative estimate of drug-likeness (QED) is 0.777. The van der Waals surface area contributed by atoms with Gasteiger partial charge in [0.15, 0.2) is 0 Å². The average molecular weight is 240 g/mol. The molecule has 0 saturated heterocycles. The number of nitrogens with zero attached hydrogens (tertiary/aromatic N) is 3. The maximum atomic E-state index is 12.1. The Morgan fingerprint density at radius 3 is 2.69 bits per heavy atom. The van der Waals surface area contributed by atoms with E-state index in [0.29, 0.717) is 23.6 Å². The third-order valence-electron chi connectivity index (χ3n) is 2.48. The number of thiocarbonyl (C=S) groups is 1. The molecular weight excluding hydrogens is 224 g/mol. The minimum absolute atomic E-state index is 0.0825. The summed E-state index contributed by atoms with van der Waals surface area (Å²) >= 11 is 4.81. The molecule has 1 amide bonds. The Kier molecular flexibility index (Phi) is 4.00.